The van der Waals surface area contributed by atoms with Crippen LogP contribution in [-0.2, 0) is 43.2 Å². The zero-order chi connectivity index (χ0) is 49.6. The molecule has 370 valence electrons. The fourth-order valence-corrected chi connectivity index (χ4v) is 7.52. The van der Waals surface area contributed by atoms with Crippen molar-refractivity contribution in [2.45, 2.75) is 134 Å². The summed E-state index contributed by atoms with van der Waals surface area (Å²) in [6.45, 7) is 9.02. The van der Waals surface area contributed by atoms with E-state index in [0.717, 1.165) is 0 Å². The predicted molar refractivity (Wildman–Crippen MR) is 248 cm³/mol. The molecule has 9 atom stereocenters. The molecule has 65 heavy (non-hydrogen) atoms. The van der Waals surface area contributed by atoms with Gasteiger partial charge in [-0.15, -0.1) is 0 Å². The second-order valence-electron chi connectivity index (χ2n) is 16.4. The molecule has 0 aromatic rings. The van der Waals surface area contributed by atoms with Crippen LogP contribution in [0.2, 0.25) is 0 Å². The number of nitrogens with two attached hydrogens (primary N) is 3. The molecule has 0 unspecified atom stereocenters. The minimum absolute atomic E-state index is 0.0191. The normalized spacial score (nSPS) is 17.2. The summed E-state index contributed by atoms with van der Waals surface area (Å²) in [5.74, 6) is -7.40. The molecule has 0 radical (unpaired) electrons. The summed E-state index contributed by atoms with van der Waals surface area (Å²) in [4.78, 5) is 124. The maximum absolute atomic E-state index is 13.8. The van der Waals surface area contributed by atoms with Crippen molar-refractivity contribution in [2.24, 2.45) is 34.0 Å². The first-order valence-electron chi connectivity index (χ1n) is 21.6. The van der Waals surface area contributed by atoms with E-state index >= 15 is 0 Å². The van der Waals surface area contributed by atoms with Crippen molar-refractivity contribution in [1.82, 2.24) is 42.1 Å². The largest absolute Gasteiger partial charge is 0.480 e. The van der Waals surface area contributed by atoms with E-state index in [1.165, 1.54) is 42.3 Å². The van der Waals surface area contributed by atoms with Crippen LogP contribution >= 0.6 is 23.5 Å². The number of amides is 8. The van der Waals surface area contributed by atoms with Gasteiger partial charge in [-0.2, -0.15) is 23.5 Å². The summed E-state index contributed by atoms with van der Waals surface area (Å²) in [6.07, 6.45) is 4.99. The smallest absolute Gasteiger partial charge is 0.326 e. The van der Waals surface area contributed by atoms with Crippen LogP contribution in [0.3, 0.4) is 0 Å². The Balaban J connectivity index is 3.12. The minimum Gasteiger partial charge on any atom is -0.480 e. The van der Waals surface area contributed by atoms with Crippen molar-refractivity contribution in [1.29, 1.82) is 0 Å². The Kier molecular flexibility index (Phi) is 26.5. The SMILES string of the molecule is CSCC[C@H](NC(=O)[C@H](CCCN=C(N)N)NC(=O)[C@@H](NC(=O)[C@H](CCSC)NC(=O)[C@H](C)NC(=O)[C@H](CO)NC(=O)[C@@H](NC(=O)[C@@H]1CCCN1C(=O)[C@H](C)N)C(C)C)C(C)C)C(=O)O. The monoisotopic (exact) mass is 960 g/mol. The molecule has 0 spiro atoms. The Morgan fingerprint density at radius 2 is 1.14 bits per heavy atom. The number of hydrogen-bond acceptors (Lipinski definition) is 14. The molecule has 8 amide bonds. The fraction of sp³-hybridized carbons (Fsp3) is 0.750. The lowest BCUT2D eigenvalue weighted by molar-refractivity contribution is -0.142. The number of carboxylic acid groups (broad SMARTS) is 1. The summed E-state index contributed by atoms with van der Waals surface area (Å²) >= 11 is 2.78. The lowest BCUT2D eigenvalue weighted by atomic mass is 10.0. The van der Waals surface area contributed by atoms with Crippen molar-refractivity contribution in [2.75, 3.05) is 43.7 Å². The summed E-state index contributed by atoms with van der Waals surface area (Å²) < 4.78 is 0. The Hall–Kier alpha value is -4.88. The number of aliphatic hydroxyl groups is 1. The standard InChI is InChI=1S/C40H72N12O11S2/c1-20(2)29(36(59)47-24(11-9-15-44-40(42)43)32(55)48-26(39(62)63)14-18-65-8)50-33(56)25(13-17-64-7)46-31(54)23(6)45-34(57)27(19-53)49-37(60)30(21(3)4)51-35(58)28-12-10-16-52(28)38(61)22(5)41/h20-30,53H,9-19,41H2,1-8H3,(H,45,57)(H,46,54)(H,47,59)(H,48,55)(H,49,60)(H,50,56)(H,51,58)(H,62,63)(H4,42,43,44)/t22-,23-,24-,25-,26-,27-,28-,29-,30-/m0/s1. The van der Waals surface area contributed by atoms with E-state index in [1.54, 1.807) is 40.2 Å². The number of carboxylic acids is 1. The number of aliphatic hydroxyl groups excluding tert-OH is 1. The second kappa shape index (κ2) is 29.6. The van der Waals surface area contributed by atoms with Crippen LogP contribution in [0.4, 0.5) is 0 Å². The number of rotatable bonds is 29. The number of guanidine groups is 1. The molecular weight excluding hydrogens is 889 g/mol. The number of thioether (sulfide) groups is 2. The molecule has 0 saturated carbocycles. The van der Waals surface area contributed by atoms with Gasteiger partial charge in [0.05, 0.1) is 12.6 Å². The van der Waals surface area contributed by atoms with Crippen molar-refractivity contribution in [3.8, 4) is 0 Å². The summed E-state index contributed by atoms with van der Waals surface area (Å²) in [5, 5.41) is 37.6. The van der Waals surface area contributed by atoms with Crippen molar-refractivity contribution in [3.05, 3.63) is 0 Å². The van der Waals surface area contributed by atoms with Gasteiger partial charge in [0.1, 0.15) is 48.3 Å². The van der Waals surface area contributed by atoms with Crippen molar-refractivity contribution in [3.63, 3.8) is 0 Å². The fourth-order valence-electron chi connectivity index (χ4n) is 6.57. The maximum atomic E-state index is 13.8. The number of carbonyl (C=O) groups is 9. The van der Waals surface area contributed by atoms with E-state index in [4.69, 9.17) is 17.2 Å². The topological polar surface area (TPSA) is 372 Å². The Morgan fingerprint density at radius 3 is 1.65 bits per heavy atom. The van der Waals surface area contributed by atoms with Gasteiger partial charge in [0, 0.05) is 13.1 Å². The third-order valence-electron chi connectivity index (χ3n) is 10.3. The first-order chi connectivity index (χ1) is 30.5. The number of nitrogens with one attached hydrogen (secondary N) is 7. The van der Waals surface area contributed by atoms with Gasteiger partial charge in [-0.3, -0.25) is 43.3 Å². The number of nitrogens with zero attached hydrogens (tertiary/aromatic N) is 2. The highest BCUT2D eigenvalue weighted by Crippen LogP contribution is 2.19. The van der Waals surface area contributed by atoms with Crippen molar-refractivity contribution >= 4 is 82.7 Å². The van der Waals surface area contributed by atoms with Crippen LogP contribution in [0.25, 0.3) is 0 Å². The third-order valence-corrected chi connectivity index (χ3v) is 11.6. The predicted octanol–water partition coefficient (Wildman–Crippen LogP) is -3.31. The first-order valence-corrected chi connectivity index (χ1v) is 24.3. The van der Waals surface area contributed by atoms with Crippen LogP contribution in [0.5, 0.6) is 0 Å². The highest BCUT2D eigenvalue weighted by Gasteiger charge is 2.38. The molecule has 1 aliphatic heterocycles. The number of likely N-dealkylation sites (tertiary alicyclic amines) is 1. The van der Waals surface area contributed by atoms with Gasteiger partial charge in [0.25, 0.3) is 0 Å². The van der Waals surface area contributed by atoms with Gasteiger partial charge in [-0.1, -0.05) is 27.7 Å². The molecule has 1 aliphatic rings. The Bertz CT molecular complexity index is 1670. The molecule has 23 nitrogen and oxygen atoms in total. The molecule has 1 heterocycles. The molecule has 25 heteroatoms. The maximum Gasteiger partial charge on any atom is 0.326 e. The van der Waals surface area contributed by atoms with E-state index < -0.39 is 126 Å². The summed E-state index contributed by atoms with van der Waals surface area (Å²) in [7, 11) is 0. The molecule has 1 fully saturated rings. The van der Waals surface area contributed by atoms with Gasteiger partial charge in [0.2, 0.25) is 47.3 Å². The highest BCUT2D eigenvalue weighted by atomic mass is 32.2. The van der Waals surface area contributed by atoms with Gasteiger partial charge in [-0.25, -0.2) is 4.79 Å². The minimum atomic E-state index is -1.55. The molecule has 0 aromatic heterocycles. The summed E-state index contributed by atoms with van der Waals surface area (Å²) in [5.41, 5.74) is 16.6. The zero-order valence-electron chi connectivity index (χ0n) is 38.6. The second-order valence-corrected chi connectivity index (χ2v) is 18.4. The lowest BCUT2D eigenvalue weighted by Gasteiger charge is -2.29. The van der Waals surface area contributed by atoms with Crippen LogP contribution < -0.4 is 54.4 Å². The molecular formula is C40H72N12O11S2. The molecule has 15 N–H and O–H groups in total. The van der Waals surface area contributed by atoms with E-state index in [2.05, 4.69) is 42.2 Å². The van der Waals surface area contributed by atoms with Gasteiger partial charge < -0.3 is 69.5 Å². The van der Waals surface area contributed by atoms with Gasteiger partial charge in [0.15, 0.2) is 5.96 Å². The van der Waals surface area contributed by atoms with Crippen LogP contribution in [0.1, 0.15) is 80.1 Å². The van der Waals surface area contributed by atoms with E-state index in [-0.39, 0.29) is 38.2 Å². The van der Waals surface area contributed by atoms with Gasteiger partial charge >= 0.3 is 5.97 Å². The number of aliphatic carboxylic acids is 1. The van der Waals surface area contributed by atoms with Crippen LogP contribution in [0, 0.1) is 11.8 Å². The summed E-state index contributed by atoms with van der Waals surface area (Å²) in [6, 6.07) is -10.6. The third kappa shape index (κ3) is 20.0. The average molecular weight is 961 g/mol. The quantitative estimate of drug-likeness (QED) is 0.0198. The average Bonchev–Trinajstić information content (AvgIpc) is 3.73. The van der Waals surface area contributed by atoms with E-state index in [1.807, 2.05) is 0 Å². The Labute approximate surface area is 389 Å². The first kappa shape index (κ1) is 58.1. The van der Waals surface area contributed by atoms with Crippen LogP contribution in [-0.4, -0.2) is 172 Å². The van der Waals surface area contributed by atoms with Gasteiger partial charge in [-0.05, 0) is 88.2 Å². The van der Waals surface area contributed by atoms with Crippen molar-refractivity contribution < 1.29 is 53.4 Å². The Morgan fingerprint density at radius 1 is 0.662 bits per heavy atom. The molecule has 1 rings (SSSR count). The van der Waals surface area contributed by atoms with Crippen LogP contribution in [0.15, 0.2) is 4.99 Å². The molecule has 0 aliphatic carbocycles. The number of hydrogen-bond donors (Lipinski definition) is 12. The molecule has 0 bridgehead atoms. The molecule has 1 saturated heterocycles. The molecule has 0 aromatic carbocycles. The zero-order valence-corrected chi connectivity index (χ0v) is 40.3. The number of aliphatic imine (C=N–C) groups is 1. The number of carbonyl (C=O) groups excluding carboxylic acids is 8. The van der Waals surface area contributed by atoms with E-state index in [9.17, 15) is 53.4 Å². The lowest BCUT2D eigenvalue weighted by Crippen LogP contribution is -2.61. The van der Waals surface area contributed by atoms with E-state index in [0.29, 0.717) is 30.9 Å². The highest BCUT2D eigenvalue weighted by molar-refractivity contribution is 7.98.